The van der Waals surface area contributed by atoms with Crippen LogP contribution in [0.4, 0.5) is 0 Å². The molecule has 1 saturated heterocycles. The molecule has 0 amide bonds. The molecule has 0 saturated carbocycles. The van der Waals surface area contributed by atoms with Gasteiger partial charge in [-0.15, -0.1) is 24.0 Å². The molecule has 2 N–H and O–H groups in total. The van der Waals surface area contributed by atoms with Gasteiger partial charge in [-0.25, -0.2) is 13.1 Å². The Kier molecular flexibility index (Phi) is 10.0. The molecule has 0 spiro atoms. The lowest BCUT2D eigenvalue weighted by atomic mass is 10.0. The van der Waals surface area contributed by atoms with Crippen LogP contribution < -0.4 is 10.0 Å². The molecule has 1 atom stereocenters. The molecule has 1 heterocycles. The first kappa shape index (κ1) is 24.2. The Morgan fingerprint density at radius 1 is 1.30 bits per heavy atom. The number of aliphatic imine (C=N–C) groups is 1. The fraction of sp³-hybridized carbons (Fsp3) is 0.632. The molecule has 1 aromatic rings. The number of halogens is 1. The van der Waals surface area contributed by atoms with Crippen LogP contribution in [0.15, 0.2) is 29.3 Å². The van der Waals surface area contributed by atoms with E-state index in [9.17, 15) is 8.42 Å². The first-order valence-corrected chi connectivity index (χ1v) is 11.0. The molecule has 1 unspecified atom stereocenters. The minimum absolute atomic E-state index is 0. The number of nitrogens with zero attached hydrogens (tertiary/aromatic N) is 2. The van der Waals surface area contributed by atoms with Crippen molar-refractivity contribution in [3.05, 3.63) is 35.4 Å². The van der Waals surface area contributed by atoms with Gasteiger partial charge in [-0.1, -0.05) is 31.2 Å². The highest BCUT2D eigenvalue weighted by Gasteiger charge is 2.20. The normalized spacial score (nSPS) is 18.3. The van der Waals surface area contributed by atoms with E-state index in [-0.39, 0.29) is 35.8 Å². The lowest BCUT2D eigenvalue weighted by Gasteiger charge is -2.33. The number of likely N-dealkylation sites (tertiary alicyclic amines) is 1. The van der Waals surface area contributed by atoms with Crippen molar-refractivity contribution in [2.24, 2.45) is 10.9 Å². The Hall–Kier alpha value is -0.870. The second-order valence-electron chi connectivity index (χ2n) is 7.39. The molecule has 2 rings (SSSR count). The van der Waals surface area contributed by atoms with Crippen LogP contribution in [-0.2, 0) is 22.3 Å². The second kappa shape index (κ2) is 11.2. The van der Waals surface area contributed by atoms with E-state index in [1.807, 2.05) is 38.1 Å². The zero-order chi connectivity index (χ0) is 19.2. The monoisotopic (exact) mass is 508 g/mol. The molecule has 154 valence electrons. The molecule has 1 aromatic carbocycles. The molecule has 1 aliphatic heterocycles. The summed E-state index contributed by atoms with van der Waals surface area (Å²) in [6.07, 6.45) is 2.44. The van der Waals surface area contributed by atoms with Crippen LogP contribution in [0.1, 0.15) is 44.7 Å². The second-order valence-corrected chi connectivity index (χ2v) is 9.15. The summed E-state index contributed by atoms with van der Waals surface area (Å²) in [5.41, 5.74) is 1.79. The summed E-state index contributed by atoms with van der Waals surface area (Å²) in [4.78, 5) is 6.69. The summed E-state index contributed by atoms with van der Waals surface area (Å²) in [6, 6.07) is 7.56. The summed E-state index contributed by atoms with van der Waals surface area (Å²) < 4.78 is 27.2. The zero-order valence-corrected chi connectivity index (χ0v) is 19.9. The van der Waals surface area contributed by atoms with Gasteiger partial charge >= 0.3 is 0 Å². The van der Waals surface area contributed by atoms with E-state index in [0.717, 1.165) is 30.2 Å². The average Bonchev–Trinajstić information content (AvgIpc) is 2.55. The number of piperidine rings is 1. The molecular formula is C19H33IN4O2S. The summed E-state index contributed by atoms with van der Waals surface area (Å²) in [7, 11) is -1.55. The van der Waals surface area contributed by atoms with Gasteiger partial charge in [0, 0.05) is 32.7 Å². The van der Waals surface area contributed by atoms with Crippen LogP contribution in [-0.4, -0.2) is 45.5 Å². The summed E-state index contributed by atoms with van der Waals surface area (Å²) in [5.74, 6) is 1.54. The number of hydrogen-bond acceptors (Lipinski definition) is 3. The van der Waals surface area contributed by atoms with Crippen LogP contribution >= 0.6 is 24.0 Å². The molecule has 8 heteroatoms. The number of guanidine groups is 1. The van der Waals surface area contributed by atoms with Gasteiger partial charge in [-0.3, -0.25) is 4.99 Å². The minimum Gasteiger partial charge on any atom is -0.352 e. The lowest BCUT2D eigenvalue weighted by Crippen LogP contribution is -2.46. The molecule has 0 bridgehead atoms. The average molecular weight is 508 g/mol. The standard InChI is InChI=1S/C19H32N4O2S.HI/c1-15(2)22-26(24,25)14-18-10-6-5-9-17(18)12-21-19(20-4)23-11-7-8-16(3)13-23;/h5-6,9-10,15-16,22H,7-8,11-14H2,1-4H3,(H,20,21);1H. The van der Waals surface area contributed by atoms with Crippen LogP contribution in [0.25, 0.3) is 0 Å². The van der Waals surface area contributed by atoms with Gasteiger partial charge < -0.3 is 10.2 Å². The molecule has 0 radical (unpaired) electrons. The maximum absolute atomic E-state index is 12.3. The topological polar surface area (TPSA) is 73.8 Å². The molecule has 0 aliphatic carbocycles. The Morgan fingerprint density at radius 3 is 2.56 bits per heavy atom. The molecule has 6 nitrogen and oxygen atoms in total. The quantitative estimate of drug-likeness (QED) is 0.352. The van der Waals surface area contributed by atoms with Crippen LogP contribution in [0.3, 0.4) is 0 Å². The SMILES string of the molecule is CN=C(NCc1ccccc1CS(=O)(=O)NC(C)C)N1CCCC(C)C1.I. The third kappa shape index (κ3) is 7.95. The Balaban J connectivity index is 0.00000364. The molecule has 27 heavy (non-hydrogen) atoms. The van der Waals surface area contributed by atoms with Crippen molar-refractivity contribution in [2.75, 3.05) is 20.1 Å². The molecule has 0 aromatic heterocycles. The molecule has 1 aliphatic rings. The number of hydrogen-bond donors (Lipinski definition) is 2. The van der Waals surface area contributed by atoms with E-state index in [2.05, 4.69) is 26.9 Å². The number of benzene rings is 1. The maximum atomic E-state index is 12.3. The highest BCUT2D eigenvalue weighted by molar-refractivity contribution is 14.0. The predicted molar refractivity (Wildman–Crippen MR) is 123 cm³/mol. The molecule has 1 fully saturated rings. The third-order valence-corrected chi connectivity index (χ3v) is 6.01. The van der Waals surface area contributed by atoms with E-state index < -0.39 is 10.0 Å². The zero-order valence-electron chi connectivity index (χ0n) is 16.7. The van der Waals surface area contributed by atoms with Crippen molar-refractivity contribution in [1.82, 2.24) is 14.9 Å². The Bertz CT molecular complexity index is 722. The van der Waals surface area contributed by atoms with Gasteiger partial charge in [0.2, 0.25) is 10.0 Å². The maximum Gasteiger partial charge on any atom is 0.216 e. The predicted octanol–water partition coefficient (Wildman–Crippen LogP) is 2.94. The van der Waals surface area contributed by atoms with E-state index >= 15 is 0 Å². The fourth-order valence-corrected chi connectivity index (χ4v) is 4.86. The highest BCUT2D eigenvalue weighted by atomic mass is 127. The van der Waals surface area contributed by atoms with Gasteiger partial charge in [0.05, 0.1) is 5.75 Å². The highest BCUT2D eigenvalue weighted by Crippen LogP contribution is 2.16. The van der Waals surface area contributed by atoms with Crippen molar-refractivity contribution in [3.8, 4) is 0 Å². The van der Waals surface area contributed by atoms with E-state index in [4.69, 9.17) is 0 Å². The van der Waals surface area contributed by atoms with Gasteiger partial charge in [0.1, 0.15) is 0 Å². The van der Waals surface area contributed by atoms with E-state index in [0.29, 0.717) is 12.5 Å². The largest absolute Gasteiger partial charge is 0.352 e. The van der Waals surface area contributed by atoms with Gasteiger partial charge in [0.25, 0.3) is 0 Å². The molecular weight excluding hydrogens is 475 g/mol. The summed E-state index contributed by atoms with van der Waals surface area (Å²) in [5, 5.41) is 3.40. The number of rotatable bonds is 6. The van der Waals surface area contributed by atoms with Crippen LogP contribution in [0, 0.1) is 5.92 Å². The Morgan fingerprint density at radius 2 is 1.96 bits per heavy atom. The Labute approximate surface area is 181 Å². The fourth-order valence-electron chi connectivity index (χ4n) is 3.36. The van der Waals surface area contributed by atoms with Crippen molar-refractivity contribution >= 4 is 40.0 Å². The minimum atomic E-state index is -3.35. The van der Waals surface area contributed by atoms with E-state index in [1.165, 1.54) is 12.8 Å². The summed E-state index contributed by atoms with van der Waals surface area (Å²) in [6.45, 7) is 8.50. The van der Waals surface area contributed by atoms with Crippen molar-refractivity contribution < 1.29 is 8.42 Å². The number of nitrogens with one attached hydrogen (secondary N) is 2. The van der Waals surface area contributed by atoms with Gasteiger partial charge in [0.15, 0.2) is 5.96 Å². The first-order valence-electron chi connectivity index (χ1n) is 9.33. The lowest BCUT2D eigenvalue weighted by molar-refractivity contribution is 0.266. The van der Waals surface area contributed by atoms with Crippen molar-refractivity contribution in [1.29, 1.82) is 0 Å². The van der Waals surface area contributed by atoms with E-state index in [1.54, 1.807) is 7.05 Å². The smallest absolute Gasteiger partial charge is 0.216 e. The van der Waals surface area contributed by atoms with Crippen LogP contribution in [0.5, 0.6) is 0 Å². The van der Waals surface area contributed by atoms with Gasteiger partial charge in [-0.2, -0.15) is 0 Å². The third-order valence-electron chi connectivity index (χ3n) is 4.48. The van der Waals surface area contributed by atoms with Crippen molar-refractivity contribution in [2.45, 2.75) is 52.0 Å². The van der Waals surface area contributed by atoms with Gasteiger partial charge in [-0.05, 0) is 43.7 Å². The van der Waals surface area contributed by atoms with Crippen LogP contribution in [0.2, 0.25) is 0 Å². The first-order chi connectivity index (χ1) is 12.3. The number of sulfonamides is 1. The summed E-state index contributed by atoms with van der Waals surface area (Å²) >= 11 is 0. The van der Waals surface area contributed by atoms with Crippen molar-refractivity contribution in [3.63, 3.8) is 0 Å².